The average Bonchev–Trinajstić information content (AvgIpc) is 2.40. The van der Waals surface area contributed by atoms with Gasteiger partial charge < -0.3 is 0 Å². The Morgan fingerprint density at radius 1 is 1.11 bits per heavy atom. The summed E-state index contributed by atoms with van der Waals surface area (Å²) < 4.78 is 38.3. The Kier molecular flexibility index (Phi) is 3.91. The number of sulfonamides is 1. The minimum atomic E-state index is -3.66. The number of hydrogen-bond donors (Lipinski definition) is 1. The lowest BCUT2D eigenvalue weighted by molar-refractivity contribution is 0.608. The molecule has 1 aromatic heterocycles. The molecule has 0 amide bonds. The number of rotatable bonds is 4. The fourth-order valence-corrected chi connectivity index (χ4v) is 2.16. The summed E-state index contributed by atoms with van der Waals surface area (Å²) in [7, 11) is -3.66. The van der Waals surface area contributed by atoms with Crippen molar-refractivity contribution in [3.05, 3.63) is 65.5 Å². The molecule has 19 heavy (non-hydrogen) atoms. The molecule has 0 saturated carbocycles. The molecule has 0 saturated heterocycles. The summed E-state index contributed by atoms with van der Waals surface area (Å²) in [5, 5.41) is 1.04. The van der Waals surface area contributed by atoms with Crippen LogP contribution in [0.2, 0.25) is 0 Å². The molecule has 1 aromatic carbocycles. The van der Waals surface area contributed by atoms with E-state index in [2.05, 4.69) is 9.71 Å². The minimum Gasteiger partial charge on any atom is -0.264 e. The highest BCUT2D eigenvalue weighted by atomic mass is 32.2. The van der Waals surface area contributed by atoms with Crippen LogP contribution in [0, 0.1) is 5.82 Å². The minimum absolute atomic E-state index is 0.0686. The predicted octanol–water partition coefficient (Wildman–Crippen LogP) is 2.63. The highest BCUT2D eigenvalue weighted by Crippen LogP contribution is 2.08. The third-order valence-corrected chi connectivity index (χ3v) is 3.20. The monoisotopic (exact) mass is 278 g/mol. The molecule has 1 heterocycles. The van der Waals surface area contributed by atoms with E-state index in [9.17, 15) is 12.8 Å². The summed E-state index contributed by atoms with van der Waals surface area (Å²) in [6.07, 6.45) is 2.41. The highest BCUT2D eigenvalue weighted by Gasteiger charge is 2.06. The summed E-state index contributed by atoms with van der Waals surface area (Å²) in [4.78, 5) is 3.62. The van der Waals surface area contributed by atoms with Crippen molar-refractivity contribution in [2.45, 2.75) is 0 Å². The Balaban J connectivity index is 2.11. The first-order valence-corrected chi connectivity index (χ1v) is 6.97. The van der Waals surface area contributed by atoms with Gasteiger partial charge in [-0.15, -0.1) is 0 Å². The van der Waals surface area contributed by atoms with Crippen LogP contribution in [-0.4, -0.2) is 13.4 Å². The van der Waals surface area contributed by atoms with E-state index in [1.54, 1.807) is 24.3 Å². The lowest BCUT2D eigenvalue weighted by atomic mass is 10.2. The number of hydrogen-bond acceptors (Lipinski definition) is 3. The van der Waals surface area contributed by atoms with Crippen LogP contribution in [0.4, 0.5) is 10.2 Å². The van der Waals surface area contributed by atoms with E-state index in [1.165, 1.54) is 12.1 Å². The molecule has 0 aliphatic heterocycles. The molecule has 4 nitrogen and oxygen atoms in total. The van der Waals surface area contributed by atoms with Gasteiger partial charge in [-0.05, 0) is 23.8 Å². The molecule has 0 aliphatic carbocycles. The Labute approximate surface area is 110 Å². The average molecular weight is 278 g/mol. The number of halogens is 1. The molecule has 2 rings (SSSR count). The van der Waals surface area contributed by atoms with Gasteiger partial charge in [-0.3, -0.25) is 4.72 Å². The summed E-state index contributed by atoms with van der Waals surface area (Å²) >= 11 is 0. The van der Waals surface area contributed by atoms with Crippen molar-refractivity contribution in [2.75, 3.05) is 4.72 Å². The molecule has 0 aliphatic rings. The molecule has 2 aromatic rings. The molecule has 0 radical (unpaired) electrons. The molecular formula is C13H11FN2O2S. The van der Waals surface area contributed by atoms with Crippen molar-refractivity contribution >= 4 is 21.9 Å². The van der Waals surface area contributed by atoms with Crippen LogP contribution in [-0.2, 0) is 10.0 Å². The standard InChI is InChI=1S/C13H11FN2O2S/c14-12-6-7-13(15-10-12)16-19(17,18)9-8-11-4-2-1-3-5-11/h1-10H,(H,15,16)/b9-8+. The number of benzene rings is 1. The highest BCUT2D eigenvalue weighted by molar-refractivity contribution is 7.95. The van der Waals surface area contributed by atoms with Gasteiger partial charge >= 0.3 is 0 Å². The van der Waals surface area contributed by atoms with Gasteiger partial charge in [0.15, 0.2) is 0 Å². The van der Waals surface area contributed by atoms with Gasteiger partial charge in [-0.2, -0.15) is 0 Å². The Morgan fingerprint density at radius 3 is 2.47 bits per heavy atom. The first kappa shape index (κ1) is 13.2. The Bertz CT molecular complexity index is 668. The van der Waals surface area contributed by atoms with Crippen LogP contribution in [0.1, 0.15) is 5.56 Å². The molecule has 0 atom stereocenters. The molecule has 0 unspecified atom stereocenters. The number of anilines is 1. The van der Waals surface area contributed by atoms with Gasteiger partial charge in [0, 0.05) is 0 Å². The summed E-state index contributed by atoms with van der Waals surface area (Å²) in [5.41, 5.74) is 0.764. The van der Waals surface area contributed by atoms with Crippen LogP contribution < -0.4 is 4.72 Å². The molecule has 6 heteroatoms. The van der Waals surface area contributed by atoms with Gasteiger partial charge in [0.1, 0.15) is 11.6 Å². The number of nitrogens with zero attached hydrogens (tertiary/aromatic N) is 1. The van der Waals surface area contributed by atoms with Crippen molar-refractivity contribution in [1.29, 1.82) is 0 Å². The maximum atomic E-state index is 12.6. The normalized spacial score (nSPS) is 11.6. The molecule has 0 spiro atoms. The number of nitrogens with one attached hydrogen (secondary N) is 1. The molecular weight excluding hydrogens is 267 g/mol. The summed E-state index contributed by atoms with van der Waals surface area (Å²) in [6.45, 7) is 0. The second-order valence-electron chi connectivity index (χ2n) is 3.72. The van der Waals surface area contributed by atoms with E-state index in [-0.39, 0.29) is 5.82 Å². The molecule has 1 N–H and O–H groups in total. The largest absolute Gasteiger partial charge is 0.264 e. The third kappa shape index (κ3) is 4.18. The fourth-order valence-electron chi connectivity index (χ4n) is 1.35. The van der Waals surface area contributed by atoms with Crippen molar-refractivity contribution in [3.8, 4) is 0 Å². The lowest BCUT2D eigenvalue weighted by Crippen LogP contribution is -2.10. The number of pyridine rings is 1. The topological polar surface area (TPSA) is 59.1 Å². The van der Waals surface area contributed by atoms with Gasteiger partial charge in [-0.1, -0.05) is 30.3 Å². The van der Waals surface area contributed by atoms with E-state index < -0.39 is 15.8 Å². The van der Waals surface area contributed by atoms with Crippen LogP contribution in [0.25, 0.3) is 6.08 Å². The van der Waals surface area contributed by atoms with Crippen LogP contribution in [0.15, 0.2) is 54.1 Å². The van der Waals surface area contributed by atoms with Crippen molar-refractivity contribution in [2.24, 2.45) is 0 Å². The van der Waals surface area contributed by atoms with E-state index in [0.717, 1.165) is 23.2 Å². The molecule has 98 valence electrons. The van der Waals surface area contributed by atoms with Crippen LogP contribution >= 0.6 is 0 Å². The van der Waals surface area contributed by atoms with Crippen molar-refractivity contribution in [1.82, 2.24) is 4.98 Å². The fraction of sp³-hybridized carbons (Fsp3) is 0. The SMILES string of the molecule is O=S(=O)(/C=C/c1ccccc1)Nc1ccc(F)cn1. The van der Waals surface area contributed by atoms with Gasteiger partial charge in [0.2, 0.25) is 0 Å². The maximum Gasteiger partial charge on any atom is 0.256 e. The van der Waals surface area contributed by atoms with E-state index in [4.69, 9.17) is 0 Å². The maximum absolute atomic E-state index is 12.6. The summed E-state index contributed by atoms with van der Waals surface area (Å²) in [5.74, 6) is -0.457. The van der Waals surface area contributed by atoms with Gasteiger partial charge in [-0.25, -0.2) is 17.8 Å². The van der Waals surface area contributed by atoms with Crippen molar-refractivity contribution in [3.63, 3.8) is 0 Å². The first-order chi connectivity index (χ1) is 9.05. The molecule has 0 fully saturated rings. The van der Waals surface area contributed by atoms with Crippen molar-refractivity contribution < 1.29 is 12.8 Å². The Hall–Kier alpha value is -2.21. The zero-order chi connectivity index (χ0) is 13.7. The van der Waals surface area contributed by atoms with Gasteiger partial charge in [0.25, 0.3) is 10.0 Å². The lowest BCUT2D eigenvalue weighted by Gasteiger charge is -2.02. The zero-order valence-corrected chi connectivity index (χ0v) is 10.6. The van der Waals surface area contributed by atoms with E-state index in [1.807, 2.05) is 6.07 Å². The van der Waals surface area contributed by atoms with Gasteiger partial charge in [0.05, 0.1) is 11.6 Å². The first-order valence-electron chi connectivity index (χ1n) is 5.43. The smallest absolute Gasteiger partial charge is 0.256 e. The van der Waals surface area contributed by atoms with Crippen LogP contribution in [0.5, 0.6) is 0 Å². The predicted molar refractivity (Wildman–Crippen MR) is 72.2 cm³/mol. The van der Waals surface area contributed by atoms with E-state index >= 15 is 0 Å². The number of aromatic nitrogens is 1. The van der Waals surface area contributed by atoms with E-state index in [0.29, 0.717) is 0 Å². The third-order valence-electron chi connectivity index (χ3n) is 2.21. The summed E-state index contributed by atoms with van der Waals surface area (Å²) in [6, 6.07) is 11.4. The second kappa shape index (κ2) is 5.62. The quantitative estimate of drug-likeness (QED) is 0.935. The zero-order valence-electron chi connectivity index (χ0n) is 9.82. The van der Waals surface area contributed by atoms with Crippen LogP contribution in [0.3, 0.4) is 0 Å². The molecule has 0 bridgehead atoms. The second-order valence-corrected chi connectivity index (χ2v) is 5.29. The Morgan fingerprint density at radius 2 is 1.84 bits per heavy atom.